The molecule has 0 aliphatic rings. The Morgan fingerprint density at radius 2 is 1.51 bits per heavy atom. The van der Waals surface area contributed by atoms with Gasteiger partial charge in [0.2, 0.25) is 11.8 Å². The Kier molecular flexibility index (Phi) is 11.4. The van der Waals surface area contributed by atoms with Crippen LogP contribution in [0.15, 0.2) is 108 Å². The molecule has 0 heterocycles. The number of aryl methyl sites for hydroxylation is 1. The number of rotatable bonds is 13. The Morgan fingerprint density at radius 1 is 0.889 bits per heavy atom. The summed E-state index contributed by atoms with van der Waals surface area (Å²) in [7, 11) is -4.27. The van der Waals surface area contributed by atoms with Gasteiger partial charge < -0.3 is 10.2 Å². The van der Waals surface area contributed by atoms with Crippen LogP contribution in [0.1, 0.15) is 30.5 Å². The lowest BCUT2D eigenvalue weighted by atomic mass is 10.0. The molecule has 0 saturated carbocycles. The lowest BCUT2D eigenvalue weighted by Crippen LogP contribution is -2.53. The van der Waals surface area contributed by atoms with E-state index >= 15 is 4.39 Å². The first-order chi connectivity index (χ1) is 21.5. The van der Waals surface area contributed by atoms with E-state index < -0.39 is 40.2 Å². The maximum absolute atomic E-state index is 15.0. The minimum absolute atomic E-state index is 0.0225. The summed E-state index contributed by atoms with van der Waals surface area (Å²) in [6.07, 6.45) is 0.132. The van der Waals surface area contributed by atoms with Crippen LogP contribution in [0.2, 0.25) is 5.02 Å². The van der Waals surface area contributed by atoms with E-state index in [0.717, 1.165) is 15.4 Å². The lowest BCUT2D eigenvalue weighted by Gasteiger charge is -2.34. The second-order valence-electron chi connectivity index (χ2n) is 11.2. The highest BCUT2D eigenvalue weighted by molar-refractivity contribution is 7.92. The van der Waals surface area contributed by atoms with Gasteiger partial charge in [-0.25, -0.2) is 12.8 Å². The SMILES string of the molecule is Cc1ccc(N(CC(=O)N(Cc2ccccc2F)[C@@H](Cc2ccccc2)C(=O)NCC(C)C)S(=O)(=O)c2ccccc2)cc1Cl. The smallest absolute Gasteiger partial charge is 0.264 e. The minimum atomic E-state index is -4.27. The summed E-state index contributed by atoms with van der Waals surface area (Å²) < 4.78 is 44.1. The van der Waals surface area contributed by atoms with Gasteiger partial charge in [0.25, 0.3) is 10.0 Å². The van der Waals surface area contributed by atoms with Gasteiger partial charge in [0, 0.05) is 30.1 Å². The number of sulfonamides is 1. The van der Waals surface area contributed by atoms with Crippen molar-refractivity contribution in [3.63, 3.8) is 0 Å². The summed E-state index contributed by atoms with van der Waals surface area (Å²) >= 11 is 6.41. The van der Waals surface area contributed by atoms with E-state index in [9.17, 15) is 18.0 Å². The number of carbonyl (C=O) groups is 2. The van der Waals surface area contributed by atoms with Gasteiger partial charge in [-0.15, -0.1) is 0 Å². The molecule has 236 valence electrons. The molecule has 0 fully saturated rings. The molecule has 10 heteroatoms. The van der Waals surface area contributed by atoms with E-state index in [1.165, 1.54) is 35.2 Å². The third-order valence-electron chi connectivity index (χ3n) is 7.31. The number of amides is 2. The first kappa shape index (κ1) is 33.7. The number of benzene rings is 4. The van der Waals surface area contributed by atoms with Crippen molar-refractivity contribution >= 4 is 39.1 Å². The fourth-order valence-corrected chi connectivity index (χ4v) is 6.37. The molecule has 0 aliphatic heterocycles. The van der Waals surface area contributed by atoms with Gasteiger partial charge in [-0.2, -0.15) is 0 Å². The summed E-state index contributed by atoms with van der Waals surface area (Å²) in [5, 5.41) is 3.24. The van der Waals surface area contributed by atoms with E-state index in [-0.39, 0.29) is 35.0 Å². The van der Waals surface area contributed by atoms with Crippen molar-refractivity contribution in [1.29, 1.82) is 0 Å². The molecule has 7 nitrogen and oxygen atoms in total. The van der Waals surface area contributed by atoms with E-state index in [0.29, 0.717) is 11.6 Å². The summed E-state index contributed by atoms with van der Waals surface area (Å²) in [5.74, 6) is -1.52. The molecule has 0 radical (unpaired) electrons. The number of hydrogen-bond acceptors (Lipinski definition) is 4. The average molecular weight is 650 g/mol. The minimum Gasteiger partial charge on any atom is -0.354 e. The first-order valence-corrected chi connectivity index (χ1v) is 16.5. The maximum Gasteiger partial charge on any atom is 0.264 e. The molecule has 0 aromatic heterocycles. The topological polar surface area (TPSA) is 86.8 Å². The van der Waals surface area contributed by atoms with E-state index in [4.69, 9.17) is 11.6 Å². The molecule has 2 amide bonds. The number of carbonyl (C=O) groups excluding carboxylic acids is 2. The first-order valence-electron chi connectivity index (χ1n) is 14.7. The highest BCUT2D eigenvalue weighted by atomic mass is 35.5. The van der Waals surface area contributed by atoms with Crippen molar-refractivity contribution in [1.82, 2.24) is 10.2 Å². The number of anilines is 1. The van der Waals surface area contributed by atoms with Crippen LogP contribution in [0.3, 0.4) is 0 Å². The number of halogens is 2. The van der Waals surface area contributed by atoms with Gasteiger partial charge in [-0.05, 0) is 54.3 Å². The number of nitrogens with zero attached hydrogens (tertiary/aromatic N) is 2. The zero-order valence-electron chi connectivity index (χ0n) is 25.5. The molecular formula is C35H37ClFN3O4S. The van der Waals surface area contributed by atoms with Crippen molar-refractivity contribution < 1.29 is 22.4 Å². The molecule has 0 unspecified atom stereocenters. The van der Waals surface area contributed by atoms with Gasteiger partial charge in [-0.1, -0.05) is 98.2 Å². The van der Waals surface area contributed by atoms with Crippen LogP contribution in [-0.2, 0) is 32.6 Å². The lowest BCUT2D eigenvalue weighted by molar-refractivity contribution is -0.140. The molecule has 1 atom stereocenters. The third-order valence-corrected chi connectivity index (χ3v) is 9.50. The van der Waals surface area contributed by atoms with E-state index in [1.54, 1.807) is 49.4 Å². The Balaban J connectivity index is 1.82. The summed E-state index contributed by atoms with van der Waals surface area (Å²) in [6, 6.07) is 26.6. The van der Waals surface area contributed by atoms with Crippen LogP contribution >= 0.6 is 11.6 Å². The van der Waals surface area contributed by atoms with E-state index in [2.05, 4.69) is 5.32 Å². The molecule has 45 heavy (non-hydrogen) atoms. The Morgan fingerprint density at radius 3 is 2.13 bits per heavy atom. The van der Waals surface area contributed by atoms with Gasteiger partial charge >= 0.3 is 0 Å². The fraction of sp³-hybridized carbons (Fsp3) is 0.257. The normalized spacial score (nSPS) is 12.0. The molecule has 0 spiro atoms. The zero-order valence-corrected chi connectivity index (χ0v) is 27.1. The van der Waals surface area contributed by atoms with Crippen LogP contribution in [0.4, 0.5) is 10.1 Å². The second kappa shape index (κ2) is 15.2. The summed E-state index contributed by atoms with van der Waals surface area (Å²) in [4.78, 5) is 29.5. The van der Waals surface area contributed by atoms with Crippen LogP contribution in [0.25, 0.3) is 0 Å². The molecule has 0 saturated heterocycles. The van der Waals surface area contributed by atoms with Crippen LogP contribution in [-0.4, -0.2) is 44.3 Å². The molecule has 0 aliphatic carbocycles. The standard InChI is InChI=1S/C35H37ClFN3O4S/c1-25(2)22-38-35(42)33(20-27-12-6-4-7-13-27)39(23-28-14-10-11-17-32(28)37)34(41)24-40(29-19-18-26(3)31(36)21-29)45(43,44)30-15-8-5-9-16-30/h4-19,21,25,33H,20,22-24H2,1-3H3,(H,38,42)/t33-/m0/s1. The molecular weight excluding hydrogens is 613 g/mol. The largest absolute Gasteiger partial charge is 0.354 e. The molecule has 1 N–H and O–H groups in total. The Hall–Kier alpha value is -4.21. The zero-order chi connectivity index (χ0) is 32.6. The molecule has 0 bridgehead atoms. The van der Waals surface area contributed by atoms with Gasteiger partial charge in [0.1, 0.15) is 18.4 Å². The summed E-state index contributed by atoms with van der Waals surface area (Å²) in [6.45, 7) is 5.14. The third kappa shape index (κ3) is 8.71. The van der Waals surface area contributed by atoms with E-state index in [1.807, 2.05) is 44.2 Å². The predicted molar refractivity (Wildman–Crippen MR) is 176 cm³/mol. The van der Waals surface area contributed by atoms with Gasteiger partial charge in [-0.3, -0.25) is 13.9 Å². The summed E-state index contributed by atoms with van der Waals surface area (Å²) in [5.41, 5.74) is 1.89. The Labute approximate surface area is 269 Å². The number of hydrogen-bond donors (Lipinski definition) is 1. The highest BCUT2D eigenvalue weighted by Gasteiger charge is 2.35. The van der Waals surface area contributed by atoms with Crippen molar-refractivity contribution in [3.05, 3.63) is 131 Å². The van der Waals surface area contributed by atoms with Crippen molar-refractivity contribution in [2.45, 2.75) is 44.7 Å². The maximum atomic E-state index is 15.0. The predicted octanol–water partition coefficient (Wildman–Crippen LogP) is 6.40. The second-order valence-corrected chi connectivity index (χ2v) is 13.5. The molecule has 4 aromatic rings. The fourth-order valence-electron chi connectivity index (χ4n) is 4.77. The monoisotopic (exact) mass is 649 g/mol. The van der Waals surface area contributed by atoms with Crippen LogP contribution < -0.4 is 9.62 Å². The average Bonchev–Trinajstić information content (AvgIpc) is 3.03. The van der Waals surface area contributed by atoms with Crippen LogP contribution in [0, 0.1) is 18.7 Å². The Bertz CT molecular complexity index is 1720. The molecule has 4 aromatic carbocycles. The van der Waals surface area contributed by atoms with Crippen LogP contribution in [0.5, 0.6) is 0 Å². The molecule has 4 rings (SSSR count). The van der Waals surface area contributed by atoms with Crippen molar-refractivity contribution in [2.75, 3.05) is 17.4 Å². The van der Waals surface area contributed by atoms with Crippen molar-refractivity contribution in [2.24, 2.45) is 5.92 Å². The quantitative estimate of drug-likeness (QED) is 0.182. The highest BCUT2D eigenvalue weighted by Crippen LogP contribution is 2.29. The number of nitrogens with one attached hydrogen (secondary N) is 1. The van der Waals surface area contributed by atoms with Gasteiger partial charge in [0.15, 0.2) is 0 Å². The van der Waals surface area contributed by atoms with Gasteiger partial charge in [0.05, 0.1) is 10.6 Å². The van der Waals surface area contributed by atoms with Crippen molar-refractivity contribution in [3.8, 4) is 0 Å².